The van der Waals surface area contributed by atoms with Crippen molar-refractivity contribution in [3.8, 4) is 0 Å². The molecular weight excluding hydrogens is 250 g/mol. The maximum absolute atomic E-state index is 10.4. The summed E-state index contributed by atoms with van der Waals surface area (Å²) in [5.74, 6) is 0. The smallest absolute Gasteiger partial charge is 0.0815 e. The van der Waals surface area contributed by atoms with E-state index < -0.39 is 5.60 Å². The lowest BCUT2D eigenvalue weighted by Gasteiger charge is -2.32. The minimum absolute atomic E-state index is 0.198. The number of hydrogen-bond donors (Lipinski definition) is 2. The first-order valence-corrected chi connectivity index (χ1v) is 7.49. The van der Waals surface area contributed by atoms with Gasteiger partial charge < -0.3 is 15.2 Å². The first kappa shape index (κ1) is 15.5. The van der Waals surface area contributed by atoms with Crippen LogP contribution in [-0.2, 0) is 16.7 Å². The fraction of sp³-hybridized carbons (Fsp3) is 0.647. The number of ether oxygens (including phenoxy) is 1. The molecule has 1 aromatic carbocycles. The molecule has 3 nitrogen and oxygen atoms in total. The third-order valence-corrected chi connectivity index (χ3v) is 4.03. The SMILES string of the molecule is CC(C)(C)c1ccc(CNCC2(O)CCOCC2)cc1. The van der Waals surface area contributed by atoms with Crippen LogP contribution in [0.1, 0.15) is 44.7 Å². The molecular formula is C17H27NO2. The monoisotopic (exact) mass is 277 g/mol. The van der Waals surface area contributed by atoms with Crippen LogP contribution in [0, 0.1) is 0 Å². The zero-order valence-electron chi connectivity index (χ0n) is 12.9. The van der Waals surface area contributed by atoms with E-state index in [1.165, 1.54) is 11.1 Å². The zero-order chi connectivity index (χ0) is 14.6. The summed E-state index contributed by atoms with van der Waals surface area (Å²) in [5.41, 5.74) is 2.21. The number of rotatable bonds is 4. The van der Waals surface area contributed by atoms with Crippen LogP contribution < -0.4 is 5.32 Å². The molecule has 1 saturated heterocycles. The maximum Gasteiger partial charge on any atom is 0.0815 e. The van der Waals surface area contributed by atoms with Crippen molar-refractivity contribution in [2.24, 2.45) is 0 Å². The van der Waals surface area contributed by atoms with E-state index in [2.05, 4.69) is 50.4 Å². The van der Waals surface area contributed by atoms with Gasteiger partial charge in [0, 0.05) is 39.1 Å². The van der Waals surface area contributed by atoms with Gasteiger partial charge in [-0.1, -0.05) is 45.0 Å². The predicted octanol–water partition coefficient (Wildman–Crippen LogP) is 2.62. The summed E-state index contributed by atoms with van der Waals surface area (Å²) in [6, 6.07) is 8.73. The Hall–Kier alpha value is -0.900. The molecule has 0 bridgehead atoms. The molecule has 3 heteroatoms. The van der Waals surface area contributed by atoms with Crippen LogP contribution in [0.5, 0.6) is 0 Å². The molecule has 1 fully saturated rings. The van der Waals surface area contributed by atoms with Gasteiger partial charge in [-0.3, -0.25) is 0 Å². The summed E-state index contributed by atoms with van der Waals surface area (Å²) < 4.78 is 5.29. The lowest BCUT2D eigenvalue weighted by atomic mass is 9.87. The van der Waals surface area contributed by atoms with Crippen LogP contribution >= 0.6 is 0 Å². The molecule has 0 radical (unpaired) electrons. The highest BCUT2D eigenvalue weighted by Crippen LogP contribution is 2.22. The van der Waals surface area contributed by atoms with Crippen molar-refractivity contribution in [2.75, 3.05) is 19.8 Å². The van der Waals surface area contributed by atoms with Crippen LogP contribution in [0.4, 0.5) is 0 Å². The largest absolute Gasteiger partial charge is 0.388 e. The highest BCUT2D eigenvalue weighted by molar-refractivity contribution is 5.27. The average Bonchev–Trinajstić information content (AvgIpc) is 2.39. The van der Waals surface area contributed by atoms with E-state index in [4.69, 9.17) is 4.74 Å². The molecule has 1 aromatic rings. The predicted molar refractivity (Wildman–Crippen MR) is 81.9 cm³/mol. The summed E-state index contributed by atoms with van der Waals surface area (Å²) in [6.45, 7) is 9.44. The van der Waals surface area contributed by atoms with Crippen LogP contribution in [0.15, 0.2) is 24.3 Å². The molecule has 1 aliphatic rings. The third-order valence-electron chi connectivity index (χ3n) is 4.03. The van der Waals surface area contributed by atoms with E-state index in [0.717, 1.165) is 19.4 Å². The molecule has 1 heterocycles. The van der Waals surface area contributed by atoms with Crippen molar-refractivity contribution in [1.29, 1.82) is 0 Å². The van der Waals surface area contributed by atoms with Gasteiger partial charge in [0.1, 0.15) is 0 Å². The molecule has 0 atom stereocenters. The molecule has 0 aliphatic carbocycles. The first-order valence-electron chi connectivity index (χ1n) is 7.49. The number of aliphatic hydroxyl groups is 1. The van der Waals surface area contributed by atoms with Crippen molar-refractivity contribution >= 4 is 0 Å². The topological polar surface area (TPSA) is 41.5 Å². The lowest BCUT2D eigenvalue weighted by Crippen LogP contribution is -2.44. The summed E-state index contributed by atoms with van der Waals surface area (Å²) >= 11 is 0. The summed E-state index contributed by atoms with van der Waals surface area (Å²) in [7, 11) is 0. The maximum atomic E-state index is 10.4. The van der Waals surface area contributed by atoms with Crippen molar-refractivity contribution in [3.05, 3.63) is 35.4 Å². The minimum Gasteiger partial charge on any atom is -0.388 e. The van der Waals surface area contributed by atoms with Gasteiger partial charge in [-0.15, -0.1) is 0 Å². The van der Waals surface area contributed by atoms with Crippen molar-refractivity contribution < 1.29 is 9.84 Å². The Morgan fingerprint density at radius 1 is 1.15 bits per heavy atom. The van der Waals surface area contributed by atoms with Gasteiger partial charge in [0.2, 0.25) is 0 Å². The van der Waals surface area contributed by atoms with Gasteiger partial charge in [-0.2, -0.15) is 0 Å². The molecule has 112 valence electrons. The van der Waals surface area contributed by atoms with E-state index in [-0.39, 0.29) is 5.41 Å². The molecule has 0 amide bonds. The van der Waals surface area contributed by atoms with Crippen molar-refractivity contribution in [2.45, 2.75) is 51.2 Å². The first-order chi connectivity index (χ1) is 9.39. The molecule has 0 unspecified atom stereocenters. The van der Waals surface area contributed by atoms with Crippen LogP contribution in [0.25, 0.3) is 0 Å². The molecule has 1 aliphatic heterocycles. The average molecular weight is 277 g/mol. The highest BCUT2D eigenvalue weighted by Gasteiger charge is 2.29. The van der Waals surface area contributed by atoms with E-state index in [1.807, 2.05) is 0 Å². The molecule has 20 heavy (non-hydrogen) atoms. The fourth-order valence-corrected chi connectivity index (χ4v) is 2.49. The van der Waals surface area contributed by atoms with Crippen molar-refractivity contribution in [1.82, 2.24) is 5.32 Å². The Labute approximate surface area is 122 Å². The molecule has 0 aromatic heterocycles. The van der Waals surface area contributed by atoms with Gasteiger partial charge in [-0.05, 0) is 16.5 Å². The number of nitrogens with one attached hydrogen (secondary N) is 1. The van der Waals surface area contributed by atoms with E-state index in [1.54, 1.807) is 0 Å². The molecule has 0 saturated carbocycles. The highest BCUT2D eigenvalue weighted by atomic mass is 16.5. The molecule has 2 N–H and O–H groups in total. The lowest BCUT2D eigenvalue weighted by molar-refractivity contribution is -0.0617. The van der Waals surface area contributed by atoms with Gasteiger partial charge in [0.25, 0.3) is 0 Å². The molecule has 0 spiro atoms. The summed E-state index contributed by atoms with van der Waals surface area (Å²) in [4.78, 5) is 0. The Bertz CT molecular complexity index is 414. The number of benzene rings is 1. The minimum atomic E-state index is -0.594. The zero-order valence-corrected chi connectivity index (χ0v) is 12.9. The second-order valence-electron chi connectivity index (χ2n) is 6.89. The third kappa shape index (κ3) is 4.30. The van der Waals surface area contributed by atoms with Crippen LogP contribution in [0.2, 0.25) is 0 Å². The Kier molecular flexibility index (Phi) is 4.84. The quantitative estimate of drug-likeness (QED) is 0.889. The standard InChI is InChI=1S/C17H27NO2/c1-16(2,3)15-6-4-14(5-7-15)12-18-13-17(19)8-10-20-11-9-17/h4-7,18-19H,8-13H2,1-3H3. The molecule has 2 rings (SSSR count). The van der Waals surface area contributed by atoms with Gasteiger partial charge in [0.15, 0.2) is 0 Å². The summed E-state index contributed by atoms with van der Waals surface area (Å²) in [6.07, 6.45) is 1.45. The van der Waals surface area contributed by atoms with E-state index in [0.29, 0.717) is 19.8 Å². The van der Waals surface area contributed by atoms with Gasteiger partial charge in [0.05, 0.1) is 5.60 Å². The Morgan fingerprint density at radius 2 is 1.75 bits per heavy atom. The Balaban J connectivity index is 1.82. The fourth-order valence-electron chi connectivity index (χ4n) is 2.49. The van der Waals surface area contributed by atoms with Gasteiger partial charge >= 0.3 is 0 Å². The van der Waals surface area contributed by atoms with E-state index >= 15 is 0 Å². The van der Waals surface area contributed by atoms with Crippen molar-refractivity contribution in [3.63, 3.8) is 0 Å². The second-order valence-corrected chi connectivity index (χ2v) is 6.89. The Morgan fingerprint density at radius 3 is 2.30 bits per heavy atom. The van der Waals surface area contributed by atoms with Crippen LogP contribution in [-0.4, -0.2) is 30.5 Å². The van der Waals surface area contributed by atoms with Gasteiger partial charge in [-0.25, -0.2) is 0 Å². The van der Waals surface area contributed by atoms with Crippen LogP contribution in [0.3, 0.4) is 0 Å². The second kappa shape index (κ2) is 6.25. The normalized spacial score (nSPS) is 19.0. The number of hydrogen-bond acceptors (Lipinski definition) is 3. The summed E-state index contributed by atoms with van der Waals surface area (Å²) in [5, 5.41) is 13.7. The van der Waals surface area contributed by atoms with E-state index in [9.17, 15) is 5.11 Å².